The number of hydrogen-bond donors (Lipinski definition) is 2. The number of nitrogens with one attached hydrogen (secondary N) is 1. The maximum absolute atomic E-state index is 13.1. The summed E-state index contributed by atoms with van der Waals surface area (Å²) < 4.78 is 39.8. The molecule has 152 valence electrons. The van der Waals surface area contributed by atoms with Crippen LogP contribution >= 0.6 is 0 Å². The van der Waals surface area contributed by atoms with Crippen LogP contribution in [0.1, 0.15) is 23.6 Å². The van der Waals surface area contributed by atoms with E-state index in [1.807, 2.05) is 4.98 Å². The molecule has 0 bridgehead atoms. The Kier molecular flexibility index (Phi) is 4.45. The zero-order valence-corrected chi connectivity index (χ0v) is 15.5. The maximum atomic E-state index is 13.1. The van der Waals surface area contributed by atoms with Crippen molar-refractivity contribution in [1.82, 2.24) is 9.55 Å². The number of allylic oxidation sites excluding steroid dienone is 1. The Morgan fingerprint density at radius 3 is 2.57 bits per heavy atom. The van der Waals surface area contributed by atoms with E-state index in [9.17, 15) is 27.9 Å². The Balaban J connectivity index is 1.93. The number of benzene rings is 2. The van der Waals surface area contributed by atoms with Crippen molar-refractivity contribution in [3.8, 4) is 11.6 Å². The fraction of sp³-hybridized carbons (Fsp3) is 0.0952. The average Bonchev–Trinajstić information content (AvgIpc) is 2.99. The Bertz CT molecular complexity index is 1350. The number of alkyl halides is 3. The number of aromatic hydroxyl groups is 1. The molecule has 6 nitrogen and oxygen atoms in total. The first-order chi connectivity index (χ1) is 14.2. The Hall–Kier alpha value is -3.88. The second-order valence-electron chi connectivity index (χ2n) is 6.65. The predicted molar refractivity (Wildman–Crippen MR) is 106 cm³/mol. The van der Waals surface area contributed by atoms with Crippen molar-refractivity contribution in [3.05, 3.63) is 86.1 Å². The molecule has 0 atom stereocenters. The summed E-state index contributed by atoms with van der Waals surface area (Å²) in [6.07, 6.45) is -3.27. The highest BCUT2D eigenvalue weighted by molar-refractivity contribution is 6.31. The summed E-state index contributed by atoms with van der Waals surface area (Å²) in [5.74, 6) is -0.771. The lowest BCUT2D eigenvalue weighted by molar-refractivity contribution is -0.137. The van der Waals surface area contributed by atoms with Crippen LogP contribution in [0.2, 0.25) is 0 Å². The molecule has 1 aliphatic heterocycles. The number of rotatable bonds is 2. The van der Waals surface area contributed by atoms with Gasteiger partial charge in [0, 0.05) is 16.8 Å². The fourth-order valence-electron chi connectivity index (χ4n) is 3.29. The van der Waals surface area contributed by atoms with Crippen molar-refractivity contribution in [2.45, 2.75) is 13.1 Å². The van der Waals surface area contributed by atoms with E-state index in [1.54, 1.807) is 31.2 Å². The molecule has 3 aromatic rings. The molecule has 0 amide bonds. The van der Waals surface area contributed by atoms with Gasteiger partial charge in [0.1, 0.15) is 5.56 Å². The van der Waals surface area contributed by atoms with Crippen LogP contribution in [0, 0.1) is 0 Å². The second kappa shape index (κ2) is 6.87. The lowest BCUT2D eigenvalue weighted by Crippen LogP contribution is -2.30. The van der Waals surface area contributed by atoms with E-state index < -0.39 is 28.9 Å². The van der Waals surface area contributed by atoms with E-state index in [0.29, 0.717) is 27.6 Å². The first-order valence-corrected chi connectivity index (χ1v) is 8.79. The van der Waals surface area contributed by atoms with Crippen molar-refractivity contribution in [2.75, 3.05) is 0 Å². The highest BCUT2D eigenvalue weighted by Crippen LogP contribution is 2.36. The first-order valence-electron chi connectivity index (χ1n) is 8.79. The van der Waals surface area contributed by atoms with Gasteiger partial charge in [-0.1, -0.05) is 24.3 Å². The molecule has 2 aromatic carbocycles. The van der Waals surface area contributed by atoms with Crippen LogP contribution in [0.15, 0.2) is 63.1 Å². The van der Waals surface area contributed by atoms with Gasteiger partial charge < -0.3 is 5.11 Å². The van der Waals surface area contributed by atoms with E-state index in [-0.39, 0.29) is 11.3 Å². The van der Waals surface area contributed by atoms with Crippen LogP contribution < -0.4 is 11.2 Å². The highest BCUT2D eigenvalue weighted by atomic mass is 19.4. The van der Waals surface area contributed by atoms with Gasteiger partial charge in [-0.15, -0.1) is 0 Å². The molecule has 30 heavy (non-hydrogen) atoms. The number of H-pyrrole nitrogens is 1. The zero-order valence-electron chi connectivity index (χ0n) is 15.5. The minimum atomic E-state index is -4.64. The van der Waals surface area contributed by atoms with Crippen LogP contribution in [0.5, 0.6) is 5.88 Å². The van der Waals surface area contributed by atoms with Crippen LogP contribution in [-0.4, -0.2) is 20.4 Å². The van der Waals surface area contributed by atoms with Crippen LogP contribution in [0.4, 0.5) is 18.9 Å². The molecule has 0 aliphatic carbocycles. The minimum absolute atomic E-state index is 0.236. The first kappa shape index (κ1) is 19.4. The lowest BCUT2D eigenvalue weighted by Gasteiger charge is -2.13. The Labute approximate surface area is 167 Å². The molecule has 1 aromatic heterocycles. The monoisotopic (exact) mass is 413 g/mol. The Morgan fingerprint density at radius 2 is 1.83 bits per heavy atom. The molecule has 1 aliphatic rings. The molecule has 0 fully saturated rings. The smallest absolute Gasteiger partial charge is 0.416 e. The van der Waals surface area contributed by atoms with Gasteiger partial charge in [0.05, 0.1) is 16.9 Å². The highest BCUT2D eigenvalue weighted by Gasteiger charge is 2.31. The van der Waals surface area contributed by atoms with Crippen molar-refractivity contribution in [3.63, 3.8) is 0 Å². The normalized spacial score (nSPS) is 14.7. The molecule has 0 radical (unpaired) electrons. The van der Waals surface area contributed by atoms with Crippen molar-refractivity contribution in [1.29, 1.82) is 0 Å². The number of nitrogens with zero attached hydrogens (tertiary/aromatic N) is 2. The van der Waals surface area contributed by atoms with Crippen LogP contribution in [0.3, 0.4) is 0 Å². The van der Waals surface area contributed by atoms with E-state index in [1.165, 1.54) is 12.1 Å². The van der Waals surface area contributed by atoms with Gasteiger partial charge in [-0.2, -0.15) is 13.2 Å². The van der Waals surface area contributed by atoms with E-state index in [2.05, 4.69) is 4.99 Å². The third kappa shape index (κ3) is 3.24. The van der Waals surface area contributed by atoms with Gasteiger partial charge in [-0.25, -0.2) is 9.36 Å². The average molecular weight is 413 g/mol. The molecule has 0 spiro atoms. The molecule has 2 N–H and O–H groups in total. The molecule has 4 rings (SSSR count). The number of aliphatic imine (C=N–C) groups is 1. The molecule has 0 unspecified atom stereocenters. The molecule has 2 heterocycles. The number of hydrogen-bond acceptors (Lipinski definition) is 4. The molecular formula is C21H14F3N3O3. The SMILES string of the molecule is CC1=Nc2ccccc2/C1=C/c1c(O)n(-c2cccc(C(F)(F)F)c2)c(=O)[nH]c1=O. The summed E-state index contributed by atoms with van der Waals surface area (Å²) in [5.41, 5.74) is -0.873. The lowest BCUT2D eigenvalue weighted by atomic mass is 10.0. The van der Waals surface area contributed by atoms with E-state index >= 15 is 0 Å². The summed E-state index contributed by atoms with van der Waals surface area (Å²) in [5, 5.41) is 10.7. The minimum Gasteiger partial charge on any atom is -0.494 e. The third-order valence-electron chi connectivity index (χ3n) is 4.71. The number of para-hydroxylation sites is 1. The Morgan fingerprint density at radius 1 is 1.10 bits per heavy atom. The second-order valence-corrected chi connectivity index (χ2v) is 6.65. The predicted octanol–water partition coefficient (Wildman–Crippen LogP) is 3.90. The summed E-state index contributed by atoms with van der Waals surface area (Å²) in [6, 6.07) is 11.1. The summed E-state index contributed by atoms with van der Waals surface area (Å²) in [7, 11) is 0. The third-order valence-corrected chi connectivity index (χ3v) is 4.71. The van der Waals surface area contributed by atoms with E-state index in [4.69, 9.17) is 0 Å². The number of halogens is 3. The standard InChI is InChI=1S/C21H14F3N3O3/c1-11-15(14-7-2-3-8-17(14)25-11)10-16-18(28)26-20(30)27(19(16)29)13-6-4-5-12(9-13)21(22,23)24/h2-10,29H,1H3,(H,26,28,30)/b15-10+. The number of fused-ring (bicyclic) bond motifs is 1. The largest absolute Gasteiger partial charge is 0.494 e. The van der Waals surface area contributed by atoms with Crippen molar-refractivity contribution in [2.24, 2.45) is 4.99 Å². The van der Waals surface area contributed by atoms with Gasteiger partial charge in [0.2, 0.25) is 5.88 Å². The molecule has 0 saturated carbocycles. The van der Waals surface area contributed by atoms with Gasteiger partial charge >= 0.3 is 11.9 Å². The summed E-state index contributed by atoms with van der Waals surface area (Å²) >= 11 is 0. The topological polar surface area (TPSA) is 87.4 Å². The van der Waals surface area contributed by atoms with E-state index in [0.717, 1.165) is 17.7 Å². The summed E-state index contributed by atoms with van der Waals surface area (Å²) in [4.78, 5) is 31.1. The number of aromatic nitrogens is 2. The fourth-order valence-corrected chi connectivity index (χ4v) is 3.29. The van der Waals surface area contributed by atoms with Crippen molar-refractivity contribution >= 4 is 23.0 Å². The molecular weight excluding hydrogens is 399 g/mol. The van der Waals surface area contributed by atoms with Gasteiger partial charge in [-0.3, -0.25) is 14.8 Å². The summed E-state index contributed by atoms with van der Waals surface area (Å²) in [6.45, 7) is 1.72. The van der Waals surface area contributed by atoms with Gasteiger partial charge in [0.25, 0.3) is 5.56 Å². The van der Waals surface area contributed by atoms with Crippen LogP contribution in [-0.2, 0) is 6.18 Å². The zero-order chi connectivity index (χ0) is 21.6. The quantitative estimate of drug-likeness (QED) is 0.668. The molecule has 0 saturated heterocycles. The van der Waals surface area contributed by atoms with Crippen LogP contribution in [0.25, 0.3) is 17.3 Å². The van der Waals surface area contributed by atoms with Gasteiger partial charge in [-0.05, 0) is 37.3 Å². The number of aromatic amines is 1. The van der Waals surface area contributed by atoms with Crippen molar-refractivity contribution < 1.29 is 18.3 Å². The maximum Gasteiger partial charge on any atom is 0.416 e. The molecule has 9 heteroatoms. The van der Waals surface area contributed by atoms with Gasteiger partial charge in [0.15, 0.2) is 0 Å².